The minimum absolute atomic E-state index is 0.208. The van der Waals surface area contributed by atoms with Crippen LogP contribution in [0.5, 0.6) is 0 Å². The lowest BCUT2D eigenvalue weighted by molar-refractivity contribution is 0.340. The third-order valence-electron chi connectivity index (χ3n) is 2.36. The van der Waals surface area contributed by atoms with Crippen molar-refractivity contribution in [3.05, 3.63) is 35.9 Å². The third-order valence-corrected chi connectivity index (χ3v) is 2.36. The summed E-state index contributed by atoms with van der Waals surface area (Å²) in [4.78, 5) is 0. The van der Waals surface area contributed by atoms with Crippen molar-refractivity contribution in [2.24, 2.45) is 11.7 Å². The Balaban J connectivity index is 2.64. The van der Waals surface area contributed by atoms with Crippen LogP contribution in [-0.2, 0) is 6.42 Å². The van der Waals surface area contributed by atoms with Crippen LogP contribution >= 0.6 is 0 Å². The lowest BCUT2D eigenvalue weighted by Gasteiger charge is -2.16. The lowest BCUT2D eigenvalue weighted by atomic mass is 9.94. The van der Waals surface area contributed by atoms with Gasteiger partial charge in [-0.15, -0.1) is 5.92 Å². The molecule has 1 aromatic rings. The molecule has 2 atom stereocenters. The lowest BCUT2D eigenvalue weighted by Crippen LogP contribution is -2.31. The van der Waals surface area contributed by atoms with Crippen LogP contribution in [0.2, 0.25) is 0 Å². The number of rotatable bonds is 4. The molecule has 15 heavy (non-hydrogen) atoms. The van der Waals surface area contributed by atoms with Crippen LogP contribution in [0.4, 0.5) is 4.39 Å². The van der Waals surface area contributed by atoms with E-state index < -0.39 is 6.67 Å². The van der Waals surface area contributed by atoms with Crippen LogP contribution < -0.4 is 5.73 Å². The summed E-state index contributed by atoms with van der Waals surface area (Å²) in [7, 11) is 0. The molecular formula is C13H16FN. The van der Waals surface area contributed by atoms with Gasteiger partial charge in [0.1, 0.15) is 0 Å². The topological polar surface area (TPSA) is 26.0 Å². The minimum atomic E-state index is -0.426. The summed E-state index contributed by atoms with van der Waals surface area (Å²) < 4.78 is 12.8. The van der Waals surface area contributed by atoms with Gasteiger partial charge >= 0.3 is 0 Å². The van der Waals surface area contributed by atoms with E-state index in [2.05, 4.69) is 11.8 Å². The Bertz CT molecular complexity index is 337. The van der Waals surface area contributed by atoms with E-state index >= 15 is 0 Å². The van der Waals surface area contributed by atoms with Crippen molar-refractivity contribution in [3.63, 3.8) is 0 Å². The molecule has 0 heterocycles. The molecule has 0 spiro atoms. The standard InChI is InChI=1S/C13H16FN/c1-2-6-13(15)12(10-14)9-11-7-4-3-5-8-11/h3-5,7-8,12-13H,9-10,15H2,1H3/t12-,13?/m1/s1. The Morgan fingerprint density at radius 1 is 1.33 bits per heavy atom. The van der Waals surface area contributed by atoms with Crippen LogP contribution in [0.3, 0.4) is 0 Å². The second kappa shape index (κ2) is 6.21. The van der Waals surface area contributed by atoms with Gasteiger partial charge in [-0.3, -0.25) is 4.39 Å². The van der Waals surface area contributed by atoms with Gasteiger partial charge in [0.25, 0.3) is 0 Å². The monoisotopic (exact) mass is 205 g/mol. The van der Waals surface area contributed by atoms with Crippen molar-refractivity contribution >= 4 is 0 Å². The van der Waals surface area contributed by atoms with Crippen LogP contribution in [-0.4, -0.2) is 12.7 Å². The smallest absolute Gasteiger partial charge is 0.0950 e. The van der Waals surface area contributed by atoms with Crippen molar-refractivity contribution in [1.82, 2.24) is 0 Å². The van der Waals surface area contributed by atoms with Crippen LogP contribution in [0, 0.1) is 17.8 Å². The van der Waals surface area contributed by atoms with Gasteiger partial charge in [0.05, 0.1) is 12.7 Å². The van der Waals surface area contributed by atoms with E-state index in [0.29, 0.717) is 6.42 Å². The summed E-state index contributed by atoms with van der Waals surface area (Å²) in [5, 5.41) is 0. The first kappa shape index (κ1) is 11.7. The third kappa shape index (κ3) is 3.73. The second-order valence-corrected chi connectivity index (χ2v) is 3.52. The maximum absolute atomic E-state index is 12.8. The molecule has 0 bridgehead atoms. The molecule has 0 aromatic heterocycles. The van der Waals surface area contributed by atoms with Gasteiger partial charge in [0.2, 0.25) is 0 Å². The highest BCUT2D eigenvalue weighted by Crippen LogP contribution is 2.11. The Hall–Kier alpha value is -1.33. The quantitative estimate of drug-likeness (QED) is 0.749. The normalized spacial score (nSPS) is 13.8. The van der Waals surface area contributed by atoms with Gasteiger partial charge in [-0.05, 0) is 18.9 Å². The van der Waals surface area contributed by atoms with Crippen molar-refractivity contribution in [2.75, 3.05) is 6.67 Å². The molecule has 0 radical (unpaired) electrons. The molecule has 0 amide bonds. The van der Waals surface area contributed by atoms with Crippen molar-refractivity contribution in [1.29, 1.82) is 0 Å². The SMILES string of the molecule is CC#CC(N)[C@@H](CF)Cc1ccccc1. The molecule has 0 aliphatic rings. The Kier molecular flexibility index (Phi) is 4.86. The molecular weight excluding hydrogens is 189 g/mol. The van der Waals surface area contributed by atoms with Gasteiger partial charge in [-0.25, -0.2) is 0 Å². The molecule has 2 heteroatoms. The van der Waals surface area contributed by atoms with Crippen molar-refractivity contribution in [3.8, 4) is 11.8 Å². The molecule has 0 saturated carbocycles. The van der Waals surface area contributed by atoms with Gasteiger partial charge in [0, 0.05) is 5.92 Å². The van der Waals surface area contributed by atoms with E-state index in [0.717, 1.165) is 5.56 Å². The molecule has 1 aromatic carbocycles. The predicted molar refractivity (Wildman–Crippen MR) is 61.0 cm³/mol. The summed E-state index contributed by atoms with van der Waals surface area (Å²) in [6.07, 6.45) is 0.646. The number of hydrogen-bond donors (Lipinski definition) is 1. The summed E-state index contributed by atoms with van der Waals surface area (Å²) >= 11 is 0. The molecule has 2 N–H and O–H groups in total. The Morgan fingerprint density at radius 2 is 2.00 bits per heavy atom. The predicted octanol–water partition coefficient (Wildman–Crippen LogP) is 2.17. The molecule has 1 unspecified atom stereocenters. The first-order chi connectivity index (χ1) is 7.27. The first-order valence-corrected chi connectivity index (χ1v) is 5.05. The van der Waals surface area contributed by atoms with E-state index in [1.54, 1.807) is 6.92 Å². The summed E-state index contributed by atoms with van der Waals surface area (Å²) in [5.41, 5.74) is 6.88. The van der Waals surface area contributed by atoms with Crippen LogP contribution in [0.25, 0.3) is 0 Å². The molecule has 0 fully saturated rings. The van der Waals surface area contributed by atoms with Crippen molar-refractivity contribution in [2.45, 2.75) is 19.4 Å². The fraction of sp³-hybridized carbons (Fsp3) is 0.385. The molecule has 0 aliphatic heterocycles. The maximum atomic E-state index is 12.8. The number of nitrogens with two attached hydrogens (primary N) is 1. The molecule has 1 nitrogen and oxygen atoms in total. The number of benzene rings is 1. The zero-order valence-electron chi connectivity index (χ0n) is 8.91. The molecule has 0 saturated heterocycles. The minimum Gasteiger partial charge on any atom is -0.317 e. The highest BCUT2D eigenvalue weighted by atomic mass is 19.1. The van der Waals surface area contributed by atoms with Crippen molar-refractivity contribution < 1.29 is 4.39 Å². The number of alkyl halides is 1. The molecule has 0 aliphatic carbocycles. The fourth-order valence-electron chi connectivity index (χ4n) is 1.48. The van der Waals surface area contributed by atoms with E-state index in [-0.39, 0.29) is 12.0 Å². The zero-order valence-corrected chi connectivity index (χ0v) is 8.91. The Labute approximate surface area is 90.5 Å². The average molecular weight is 205 g/mol. The number of hydrogen-bond acceptors (Lipinski definition) is 1. The van der Waals surface area contributed by atoms with E-state index in [4.69, 9.17) is 5.73 Å². The van der Waals surface area contributed by atoms with Gasteiger partial charge < -0.3 is 5.73 Å². The second-order valence-electron chi connectivity index (χ2n) is 3.52. The first-order valence-electron chi connectivity index (χ1n) is 5.05. The zero-order chi connectivity index (χ0) is 11.1. The van der Waals surface area contributed by atoms with Gasteiger partial charge in [-0.1, -0.05) is 36.3 Å². The molecule has 80 valence electrons. The largest absolute Gasteiger partial charge is 0.317 e. The maximum Gasteiger partial charge on any atom is 0.0950 e. The molecule has 1 rings (SSSR count). The van der Waals surface area contributed by atoms with Crippen LogP contribution in [0.15, 0.2) is 30.3 Å². The average Bonchev–Trinajstić information content (AvgIpc) is 2.27. The van der Waals surface area contributed by atoms with Gasteiger partial charge in [0.15, 0.2) is 0 Å². The van der Waals surface area contributed by atoms with Gasteiger partial charge in [-0.2, -0.15) is 0 Å². The fourth-order valence-corrected chi connectivity index (χ4v) is 1.48. The number of halogens is 1. The Morgan fingerprint density at radius 3 is 2.53 bits per heavy atom. The highest BCUT2D eigenvalue weighted by Gasteiger charge is 2.16. The van der Waals surface area contributed by atoms with Crippen LogP contribution in [0.1, 0.15) is 12.5 Å². The summed E-state index contributed by atoms with van der Waals surface area (Å²) in [6, 6.07) is 9.42. The summed E-state index contributed by atoms with van der Waals surface area (Å²) in [6.45, 7) is 1.29. The van der Waals surface area contributed by atoms with E-state index in [1.165, 1.54) is 0 Å². The summed E-state index contributed by atoms with van der Waals surface area (Å²) in [5.74, 6) is 5.32. The highest BCUT2D eigenvalue weighted by molar-refractivity contribution is 5.17. The van der Waals surface area contributed by atoms with E-state index in [9.17, 15) is 4.39 Å². The van der Waals surface area contributed by atoms with E-state index in [1.807, 2.05) is 30.3 Å².